The molecular formula is C20H21FN6O4. The summed E-state index contributed by atoms with van der Waals surface area (Å²) in [5.74, 6) is -1.19. The van der Waals surface area contributed by atoms with Crippen LogP contribution < -0.4 is 10.9 Å². The minimum atomic E-state index is -0.525. The molecule has 0 unspecified atom stereocenters. The summed E-state index contributed by atoms with van der Waals surface area (Å²) in [6.45, 7) is 3.70. The van der Waals surface area contributed by atoms with Crippen LogP contribution in [0.25, 0.3) is 5.65 Å². The van der Waals surface area contributed by atoms with Crippen LogP contribution in [0.3, 0.4) is 0 Å². The Morgan fingerprint density at radius 1 is 1.35 bits per heavy atom. The van der Waals surface area contributed by atoms with Crippen LogP contribution in [0.5, 0.6) is 0 Å². The summed E-state index contributed by atoms with van der Waals surface area (Å²) in [6.07, 6.45) is 0.990. The molecule has 0 aliphatic carbocycles. The number of amides is 2. The Labute approximate surface area is 176 Å². The van der Waals surface area contributed by atoms with Gasteiger partial charge in [0, 0.05) is 13.2 Å². The summed E-state index contributed by atoms with van der Waals surface area (Å²) in [4.78, 5) is 44.3. The number of hydrogen-bond donors (Lipinski definition) is 1. The first-order valence-electron chi connectivity index (χ1n) is 9.63. The maximum absolute atomic E-state index is 13.2. The van der Waals surface area contributed by atoms with Crippen molar-refractivity contribution in [3.63, 3.8) is 0 Å². The first-order valence-corrected chi connectivity index (χ1v) is 9.63. The van der Waals surface area contributed by atoms with Gasteiger partial charge in [-0.05, 0) is 26.0 Å². The zero-order chi connectivity index (χ0) is 22.3. The predicted molar refractivity (Wildman–Crippen MR) is 108 cm³/mol. The maximum Gasteiger partial charge on any atom is 0.280 e. The van der Waals surface area contributed by atoms with Gasteiger partial charge in [0.1, 0.15) is 29.5 Å². The Hall–Kier alpha value is -3.60. The van der Waals surface area contributed by atoms with Crippen LogP contribution >= 0.6 is 0 Å². The summed E-state index contributed by atoms with van der Waals surface area (Å²) in [5, 5.41) is 6.80. The van der Waals surface area contributed by atoms with Gasteiger partial charge in [0.25, 0.3) is 11.5 Å². The zero-order valence-electron chi connectivity index (χ0n) is 17.3. The van der Waals surface area contributed by atoms with E-state index in [-0.39, 0.29) is 42.1 Å². The van der Waals surface area contributed by atoms with Crippen molar-refractivity contribution in [2.45, 2.75) is 33.0 Å². The normalized spacial score (nSPS) is 14.2. The Balaban J connectivity index is 1.75. The highest BCUT2D eigenvalue weighted by Gasteiger charge is 2.37. The Kier molecular flexibility index (Phi) is 5.27. The van der Waals surface area contributed by atoms with Gasteiger partial charge < -0.3 is 19.5 Å². The second-order valence-electron chi connectivity index (χ2n) is 7.42. The second-order valence-corrected chi connectivity index (χ2v) is 7.42. The van der Waals surface area contributed by atoms with Crippen molar-refractivity contribution in [2.24, 2.45) is 0 Å². The average Bonchev–Trinajstić information content (AvgIpc) is 3.28. The third-order valence-electron chi connectivity index (χ3n) is 5.12. The Morgan fingerprint density at radius 2 is 2.13 bits per heavy atom. The minimum absolute atomic E-state index is 0.105. The molecule has 0 spiro atoms. The molecule has 4 rings (SSSR count). The molecule has 162 valence electrons. The van der Waals surface area contributed by atoms with Crippen LogP contribution in [0.15, 0.2) is 29.2 Å². The van der Waals surface area contributed by atoms with Crippen molar-refractivity contribution in [1.82, 2.24) is 24.1 Å². The lowest BCUT2D eigenvalue weighted by molar-refractivity contribution is -0.116. The number of nitrogens with zero attached hydrogens (tertiary/aromatic N) is 5. The molecule has 31 heavy (non-hydrogen) atoms. The topological polar surface area (TPSA) is 111 Å². The SMILES string of the molecule is COC[C@@H](C)N1Cc2c(n(CC(=O)Nc3ccc(F)cn3)c3cc(C)nn3c2=O)C1=O. The van der Waals surface area contributed by atoms with Gasteiger partial charge in [0.05, 0.1) is 36.6 Å². The number of hydrogen-bond acceptors (Lipinski definition) is 6. The average molecular weight is 428 g/mol. The summed E-state index contributed by atoms with van der Waals surface area (Å²) in [5.41, 5.74) is 0.944. The highest BCUT2D eigenvalue weighted by molar-refractivity contribution is 5.98. The Bertz CT molecular complexity index is 1230. The number of carbonyl (C=O) groups excluding carboxylic acids is 2. The van der Waals surface area contributed by atoms with E-state index in [4.69, 9.17) is 4.74 Å². The van der Waals surface area contributed by atoms with E-state index >= 15 is 0 Å². The number of nitrogens with one attached hydrogen (secondary N) is 1. The van der Waals surface area contributed by atoms with Gasteiger partial charge in [-0.15, -0.1) is 0 Å². The molecule has 3 aromatic heterocycles. The molecule has 10 nitrogen and oxygen atoms in total. The summed E-state index contributed by atoms with van der Waals surface area (Å²) >= 11 is 0. The number of pyridine rings is 1. The number of halogens is 1. The molecule has 0 aromatic carbocycles. The van der Waals surface area contributed by atoms with E-state index in [1.54, 1.807) is 13.0 Å². The molecule has 11 heteroatoms. The van der Waals surface area contributed by atoms with Crippen LogP contribution in [-0.2, 0) is 22.6 Å². The summed E-state index contributed by atoms with van der Waals surface area (Å²) in [7, 11) is 1.54. The number of fused-ring (bicyclic) bond motifs is 2. The molecular weight excluding hydrogens is 407 g/mol. The van der Waals surface area contributed by atoms with Crippen LogP contribution in [0.4, 0.5) is 10.2 Å². The molecule has 1 aliphatic heterocycles. The maximum atomic E-state index is 13.2. The molecule has 2 amide bonds. The van der Waals surface area contributed by atoms with Gasteiger partial charge in [0.15, 0.2) is 0 Å². The smallest absolute Gasteiger partial charge is 0.280 e. The van der Waals surface area contributed by atoms with Crippen LogP contribution in [-0.4, -0.2) is 55.6 Å². The standard InChI is InChI=1S/C20H21FN6O4/c1-11-6-17-26(9-16(28)23-15-5-4-13(21)7-22-15)18-14(19(29)27(17)24-11)8-25(20(18)30)12(2)10-31-3/h4-7,12H,8-10H2,1-3H3,(H,22,23,28)/t12-/m1/s1. The van der Waals surface area contributed by atoms with Crippen LogP contribution in [0, 0.1) is 12.7 Å². The van der Waals surface area contributed by atoms with E-state index < -0.39 is 17.3 Å². The molecule has 0 radical (unpaired) electrons. The number of anilines is 1. The Morgan fingerprint density at radius 3 is 2.81 bits per heavy atom. The van der Waals surface area contributed by atoms with Crippen LogP contribution in [0.1, 0.15) is 28.7 Å². The molecule has 0 saturated carbocycles. The number of rotatable bonds is 6. The quantitative estimate of drug-likeness (QED) is 0.626. The third-order valence-corrected chi connectivity index (χ3v) is 5.12. The number of carbonyl (C=O) groups is 2. The molecule has 1 N–H and O–H groups in total. The molecule has 1 aliphatic rings. The number of aromatic nitrogens is 4. The van der Waals surface area contributed by atoms with Gasteiger partial charge in [-0.2, -0.15) is 9.61 Å². The number of ether oxygens (including phenoxy) is 1. The summed E-state index contributed by atoms with van der Waals surface area (Å²) < 4.78 is 20.9. The van der Waals surface area contributed by atoms with Gasteiger partial charge in [-0.3, -0.25) is 14.4 Å². The first kappa shape index (κ1) is 20.7. The lowest BCUT2D eigenvalue weighted by Crippen LogP contribution is -2.37. The van der Waals surface area contributed by atoms with E-state index in [2.05, 4.69) is 15.4 Å². The highest BCUT2D eigenvalue weighted by atomic mass is 19.1. The molecule has 3 aromatic rings. The van der Waals surface area contributed by atoms with Crippen molar-refractivity contribution < 1.29 is 18.7 Å². The van der Waals surface area contributed by atoms with Crippen molar-refractivity contribution in [2.75, 3.05) is 19.0 Å². The van der Waals surface area contributed by atoms with E-state index in [1.165, 1.54) is 33.2 Å². The molecule has 0 fully saturated rings. The fraction of sp³-hybridized carbons (Fsp3) is 0.350. The number of aryl methyl sites for hydroxylation is 1. The zero-order valence-corrected chi connectivity index (χ0v) is 17.3. The number of methoxy groups -OCH3 is 1. The fourth-order valence-corrected chi connectivity index (χ4v) is 3.72. The van der Waals surface area contributed by atoms with E-state index in [0.29, 0.717) is 17.9 Å². The predicted octanol–water partition coefficient (Wildman–Crippen LogP) is 0.968. The minimum Gasteiger partial charge on any atom is -0.383 e. The van der Waals surface area contributed by atoms with E-state index in [0.717, 1.165) is 6.20 Å². The summed E-state index contributed by atoms with van der Waals surface area (Å²) in [6, 6.07) is 3.89. The molecule has 4 heterocycles. The van der Waals surface area contributed by atoms with Gasteiger partial charge in [-0.1, -0.05) is 0 Å². The largest absolute Gasteiger partial charge is 0.383 e. The van der Waals surface area contributed by atoms with Gasteiger partial charge >= 0.3 is 0 Å². The van der Waals surface area contributed by atoms with E-state index in [1.807, 2.05) is 6.92 Å². The van der Waals surface area contributed by atoms with Crippen molar-refractivity contribution in [3.8, 4) is 0 Å². The second kappa shape index (κ2) is 7.91. The molecule has 0 bridgehead atoms. The highest BCUT2D eigenvalue weighted by Crippen LogP contribution is 2.24. The lowest BCUT2D eigenvalue weighted by Gasteiger charge is -2.23. The van der Waals surface area contributed by atoms with Gasteiger partial charge in [-0.25, -0.2) is 9.37 Å². The fourth-order valence-electron chi connectivity index (χ4n) is 3.72. The van der Waals surface area contributed by atoms with Crippen molar-refractivity contribution >= 4 is 23.3 Å². The van der Waals surface area contributed by atoms with Crippen LogP contribution in [0.2, 0.25) is 0 Å². The van der Waals surface area contributed by atoms with E-state index in [9.17, 15) is 18.8 Å². The third kappa shape index (κ3) is 3.67. The first-order chi connectivity index (χ1) is 14.8. The van der Waals surface area contributed by atoms with Crippen molar-refractivity contribution in [3.05, 3.63) is 57.5 Å². The van der Waals surface area contributed by atoms with Gasteiger partial charge in [0.2, 0.25) is 5.91 Å². The van der Waals surface area contributed by atoms with Crippen molar-refractivity contribution in [1.29, 1.82) is 0 Å². The molecule has 1 atom stereocenters. The monoisotopic (exact) mass is 428 g/mol. The molecule has 0 saturated heterocycles. The lowest BCUT2D eigenvalue weighted by atomic mass is 10.2.